The first-order chi connectivity index (χ1) is 15.7. The van der Waals surface area contributed by atoms with Gasteiger partial charge in [-0.2, -0.15) is 0 Å². The van der Waals surface area contributed by atoms with Gasteiger partial charge in [-0.15, -0.1) is 0 Å². The molecular formula is C22H28FNO3. The molecule has 1 N–H and O–H groups in total. The third-order valence-electron chi connectivity index (χ3n) is 5.07. The molecular weight excluding hydrogens is 345 g/mol. The second kappa shape index (κ2) is 9.20. The molecule has 2 aromatic rings. The molecule has 0 radical (unpaired) electrons. The average molecular weight is 381 g/mol. The smallest absolute Gasteiger partial charge is 0.166 e. The zero-order valence-electron chi connectivity index (χ0n) is 22.0. The Morgan fingerprint density at radius 1 is 1.19 bits per heavy atom. The highest BCUT2D eigenvalue weighted by Crippen LogP contribution is 2.39. The van der Waals surface area contributed by atoms with Crippen molar-refractivity contribution < 1.29 is 28.6 Å². The van der Waals surface area contributed by atoms with Crippen LogP contribution in [-0.2, 0) is 6.42 Å². The van der Waals surface area contributed by atoms with Crippen LogP contribution in [0.4, 0.5) is 4.39 Å². The fourth-order valence-corrected chi connectivity index (χ4v) is 3.49. The topological polar surface area (TPSA) is 41.9 Å². The number of ether oxygens (including phenoxy) is 2. The van der Waals surface area contributed by atoms with Gasteiger partial charge in [0.05, 0.1) is 29.8 Å². The van der Waals surface area contributed by atoms with Crippen LogP contribution in [0.2, 0.25) is 0 Å². The van der Waals surface area contributed by atoms with Crippen molar-refractivity contribution in [3.63, 3.8) is 0 Å². The Morgan fingerprint density at radius 3 is 2.63 bits per heavy atom. The number of nitrogens with zero attached hydrogens (tertiary/aromatic N) is 1. The molecule has 1 heterocycles. The van der Waals surface area contributed by atoms with Crippen LogP contribution in [0.15, 0.2) is 42.5 Å². The van der Waals surface area contributed by atoms with Gasteiger partial charge in [-0.05, 0) is 62.0 Å². The highest BCUT2D eigenvalue weighted by molar-refractivity contribution is 5.47. The summed E-state index contributed by atoms with van der Waals surface area (Å²) >= 11 is 0. The lowest BCUT2D eigenvalue weighted by Crippen LogP contribution is -2.36. The van der Waals surface area contributed by atoms with Gasteiger partial charge in [0.25, 0.3) is 0 Å². The number of halogens is 1. The fourth-order valence-electron chi connectivity index (χ4n) is 3.49. The van der Waals surface area contributed by atoms with Crippen molar-refractivity contribution in [2.24, 2.45) is 5.92 Å². The SMILES string of the molecule is [2H]C([2H])([2H])Oc1cccc(C([2H])(O)C2CCN(CCc3ccc(F)cc3)CC2)c1OC([2H])([2H])[2H]. The van der Waals surface area contributed by atoms with E-state index >= 15 is 0 Å². The highest BCUT2D eigenvalue weighted by Gasteiger charge is 2.28. The summed E-state index contributed by atoms with van der Waals surface area (Å²) < 4.78 is 76.0. The molecule has 0 aliphatic carbocycles. The Kier molecular flexibility index (Phi) is 4.21. The molecule has 1 unspecified atom stereocenters. The zero-order valence-corrected chi connectivity index (χ0v) is 15.0. The average Bonchev–Trinajstić information content (AvgIpc) is 2.73. The first-order valence-electron chi connectivity index (χ1n) is 12.5. The van der Waals surface area contributed by atoms with Crippen molar-refractivity contribution in [3.8, 4) is 11.5 Å². The number of benzene rings is 2. The molecule has 4 nitrogen and oxygen atoms in total. The largest absolute Gasteiger partial charge is 0.493 e. The maximum absolute atomic E-state index is 13.1. The van der Waals surface area contributed by atoms with Gasteiger partial charge >= 0.3 is 0 Å². The van der Waals surface area contributed by atoms with E-state index in [0.29, 0.717) is 25.9 Å². The Hall–Kier alpha value is -2.11. The lowest BCUT2D eigenvalue weighted by atomic mass is 9.87. The summed E-state index contributed by atoms with van der Waals surface area (Å²) in [5.41, 5.74) is 0.855. The van der Waals surface area contributed by atoms with Gasteiger partial charge in [0.1, 0.15) is 5.82 Å². The second-order valence-electron chi connectivity index (χ2n) is 6.71. The first kappa shape index (κ1) is 12.4. The van der Waals surface area contributed by atoms with Gasteiger partial charge in [-0.25, -0.2) is 4.39 Å². The highest BCUT2D eigenvalue weighted by atomic mass is 19.1. The lowest BCUT2D eigenvalue weighted by Gasteiger charge is -2.34. The molecule has 0 spiro atoms. The van der Waals surface area contributed by atoms with Gasteiger partial charge in [0, 0.05) is 12.1 Å². The van der Waals surface area contributed by atoms with Gasteiger partial charge in [-0.1, -0.05) is 24.3 Å². The fraction of sp³-hybridized carbons (Fsp3) is 0.455. The van der Waals surface area contributed by atoms with E-state index in [1.165, 1.54) is 30.3 Å². The molecule has 0 aromatic heterocycles. The Bertz CT molecular complexity index is 956. The van der Waals surface area contributed by atoms with Crippen molar-refractivity contribution in [2.75, 3.05) is 33.7 Å². The van der Waals surface area contributed by atoms with Crippen molar-refractivity contribution in [1.82, 2.24) is 4.90 Å². The Morgan fingerprint density at radius 2 is 1.93 bits per heavy atom. The minimum absolute atomic E-state index is 0.157. The summed E-state index contributed by atoms with van der Waals surface area (Å²) in [6.45, 7) is 1.95. The van der Waals surface area contributed by atoms with Crippen LogP contribution in [0.25, 0.3) is 0 Å². The molecule has 2 aromatic carbocycles. The molecule has 1 aliphatic heterocycles. The van der Waals surface area contributed by atoms with E-state index in [1.807, 2.05) is 0 Å². The normalized spacial score (nSPS) is 22.8. The maximum atomic E-state index is 13.1. The number of piperidine rings is 1. The number of hydrogen-bond acceptors (Lipinski definition) is 4. The van der Waals surface area contributed by atoms with Crippen LogP contribution in [0.3, 0.4) is 0 Å². The Balaban J connectivity index is 1.73. The van der Waals surface area contributed by atoms with Crippen LogP contribution in [0, 0.1) is 11.7 Å². The van der Waals surface area contributed by atoms with Crippen LogP contribution >= 0.6 is 0 Å². The molecule has 0 saturated carbocycles. The first-order valence-corrected chi connectivity index (χ1v) is 8.95. The van der Waals surface area contributed by atoms with E-state index in [1.54, 1.807) is 12.1 Å². The van der Waals surface area contributed by atoms with E-state index < -0.39 is 31.8 Å². The van der Waals surface area contributed by atoms with Gasteiger partial charge in [0.15, 0.2) is 11.5 Å². The standard InChI is InChI=1S/C22H28FNO3/c1-26-20-5-3-4-19(22(20)27-2)21(25)17-11-14-24(15-12-17)13-10-16-6-8-18(23)9-7-16/h3-9,17,21,25H,10-15H2,1-2H3/i1D3,2D3,21D. The summed E-state index contributed by atoms with van der Waals surface area (Å²) in [7, 11) is -5.82. The number of hydrogen-bond donors (Lipinski definition) is 1. The summed E-state index contributed by atoms with van der Waals surface area (Å²) in [6, 6.07) is 10.3. The Labute approximate surface area is 170 Å². The summed E-state index contributed by atoms with van der Waals surface area (Å²) in [6.07, 6.45) is -0.569. The summed E-state index contributed by atoms with van der Waals surface area (Å²) in [4.78, 5) is 2.18. The molecule has 1 saturated heterocycles. The molecule has 0 amide bonds. The van der Waals surface area contributed by atoms with Gasteiger partial charge < -0.3 is 19.5 Å². The van der Waals surface area contributed by atoms with E-state index in [-0.39, 0.29) is 17.1 Å². The van der Waals surface area contributed by atoms with E-state index in [2.05, 4.69) is 4.90 Å². The van der Waals surface area contributed by atoms with Gasteiger partial charge in [-0.3, -0.25) is 0 Å². The lowest BCUT2D eigenvalue weighted by molar-refractivity contribution is 0.0573. The van der Waals surface area contributed by atoms with Crippen LogP contribution in [0.1, 0.15) is 39.6 Å². The van der Waals surface area contributed by atoms with Crippen LogP contribution < -0.4 is 9.47 Å². The number of aliphatic hydroxyl groups is 1. The maximum Gasteiger partial charge on any atom is 0.166 e. The third-order valence-corrected chi connectivity index (χ3v) is 5.07. The molecule has 3 rings (SSSR count). The van der Waals surface area contributed by atoms with E-state index in [0.717, 1.165) is 18.5 Å². The third kappa shape index (κ3) is 4.79. The minimum atomic E-state index is -2.94. The molecule has 1 fully saturated rings. The van der Waals surface area contributed by atoms with Crippen LogP contribution in [-0.4, -0.2) is 43.7 Å². The van der Waals surface area contributed by atoms with E-state index in [4.69, 9.17) is 19.1 Å². The van der Waals surface area contributed by atoms with Gasteiger partial charge in [0.2, 0.25) is 0 Å². The molecule has 5 heteroatoms. The minimum Gasteiger partial charge on any atom is -0.493 e. The van der Waals surface area contributed by atoms with Crippen molar-refractivity contribution in [3.05, 3.63) is 59.4 Å². The second-order valence-corrected chi connectivity index (χ2v) is 6.71. The van der Waals surface area contributed by atoms with Crippen molar-refractivity contribution >= 4 is 0 Å². The van der Waals surface area contributed by atoms with E-state index in [9.17, 15) is 9.50 Å². The predicted octanol–water partition coefficient (Wildman–Crippen LogP) is 3.83. The molecule has 1 atom stereocenters. The molecule has 1 aliphatic rings. The van der Waals surface area contributed by atoms with Crippen molar-refractivity contribution in [2.45, 2.75) is 25.3 Å². The quantitative estimate of drug-likeness (QED) is 0.793. The van der Waals surface area contributed by atoms with Crippen molar-refractivity contribution in [1.29, 1.82) is 0 Å². The molecule has 0 bridgehead atoms. The molecule has 146 valence electrons. The predicted molar refractivity (Wildman–Crippen MR) is 104 cm³/mol. The summed E-state index contributed by atoms with van der Waals surface area (Å²) in [5.74, 6) is -1.68. The zero-order chi connectivity index (χ0) is 25.1. The number of likely N-dealkylation sites (tertiary alicyclic amines) is 1. The number of para-hydroxylation sites is 1. The number of rotatable bonds is 7. The van der Waals surface area contributed by atoms with Crippen LogP contribution in [0.5, 0.6) is 11.5 Å². The summed E-state index contributed by atoms with van der Waals surface area (Å²) in [5, 5.41) is 11.2. The molecule has 27 heavy (non-hydrogen) atoms. The number of methoxy groups -OCH3 is 2. The monoisotopic (exact) mass is 380 g/mol.